The fraction of sp³-hybridized carbons (Fsp3) is 0.483. The Balaban J connectivity index is 1.41. The van der Waals surface area contributed by atoms with Crippen LogP contribution in [0, 0.1) is 0 Å². The van der Waals surface area contributed by atoms with Gasteiger partial charge in [0.25, 0.3) is 0 Å². The Labute approximate surface area is 249 Å². The molecular weight excluding hydrogens is 588 g/mol. The zero-order valence-electron chi connectivity index (χ0n) is 23.8. The number of aliphatic hydroxyl groups excluding tert-OH is 6. The van der Waals surface area contributed by atoms with Crippen LogP contribution >= 0.6 is 0 Å². The van der Waals surface area contributed by atoms with Crippen molar-refractivity contribution in [3.63, 3.8) is 0 Å². The number of rotatable bonds is 8. The average molecular weight is 623 g/mol. The lowest BCUT2D eigenvalue weighted by Crippen LogP contribution is -2.61. The van der Waals surface area contributed by atoms with Crippen molar-refractivity contribution in [3.05, 3.63) is 46.6 Å². The SMILES string of the molecule is COc1ccc(-c2cc(=O)c3c(O)c(OC)c(O[C@H]4O[C@@H](CO[C@@H]5O[C@H](C)[C@@H](O)[C@H](O)[C@@H]5O)[C@H](O)[C@@H](O)[C@@H]4O)cc3o2)cc1. The average Bonchev–Trinajstić information content (AvgIpc) is 3.01. The van der Waals surface area contributed by atoms with Crippen LogP contribution in [0.15, 0.2) is 45.6 Å². The number of aromatic hydroxyl groups is 1. The molecule has 15 heteroatoms. The lowest BCUT2D eigenvalue weighted by Gasteiger charge is -2.42. The first kappa shape index (κ1) is 31.9. The van der Waals surface area contributed by atoms with E-state index in [0.29, 0.717) is 11.3 Å². The molecule has 3 aromatic rings. The molecule has 5 rings (SSSR count). The third-order valence-corrected chi connectivity index (χ3v) is 7.64. The first-order chi connectivity index (χ1) is 20.9. The van der Waals surface area contributed by atoms with Crippen molar-refractivity contribution in [2.24, 2.45) is 0 Å². The van der Waals surface area contributed by atoms with E-state index in [0.717, 1.165) is 0 Å². The van der Waals surface area contributed by atoms with Crippen LogP contribution in [0.3, 0.4) is 0 Å². The van der Waals surface area contributed by atoms with E-state index >= 15 is 0 Å². The number of hydrogen-bond acceptors (Lipinski definition) is 15. The Kier molecular flexibility index (Phi) is 9.31. The molecule has 0 spiro atoms. The van der Waals surface area contributed by atoms with E-state index in [1.165, 1.54) is 33.3 Å². The predicted octanol–water partition coefficient (Wildman–Crippen LogP) is -0.787. The highest BCUT2D eigenvalue weighted by molar-refractivity contribution is 5.89. The maximum Gasteiger partial charge on any atom is 0.229 e. The van der Waals surface area contributed by atoms with Crippen LogP contribution < -0.4 is 19.6 Å². The standard InChI is InChI=1S/C29H34O15/c1-11-20(31)23(34)25(36)28(41-11)40-10-18-21(32)24(35)26(37)29(44-18)43-17-9-16-19(22(33)27(17)39-3)14(30)8-15(42-16)12-4-6-13(38-2)7-5-12/h4-9,11,18,20-21,23-26,28-29,31-37H,10H2,1-3H3/t11-,18+,20-,21+,23+,24-,25+,26+,28-,29+/m1/s1. The maximum atomic E-state index is 13.0. The highest BCUT2D eigenvalue weighted by Crippen LogP contribution is 2.43. The number of fused-ring (bicyclic) bond motifs is 1. The van der Waals surface area contributed by atoms with Crippen LogP contribution in [0.25, 0.3) is 22.3 Å². The molecule has 44 heavy (non-hydrogen) atoms. The first-order valence-corrected chi connectivity index (χ1v) is 13.6. The van der Waals surface area contributed by atoms with Crippen molar-refractivity contribution in [1.82, 2.24) is 0 Å². The quantitative estimate of drug-likeness (QED) is 0.163. The molecule has 0 bridgehead atoms. The van der Waals surface area contributed by atoms with Gasteiger partial charge in [0.05, 0.1) is 26.9 Å². The highest BCUT2D eigenvalue weighted by atomic mass is 16.7. The van der Waals surface area contributed by atoms with Gasteiger partial charge in [0.15, 0.2) is 23.2 Å². The van der Waals surface area contributed by atoms with Crippen LogP contribution in [0.4, 0.5) is 0 Å². The van der Waals surface area contributed by atoms with Crippen molar-refractivity contribution >= 4 is 11.0 Å². The van der Waals surface area contributed by atoms with E-state index in [1.807, 2.05) is 0 Å². The third kappa shape index (κ3) is 5.93. The van der Waals surface area contributed by atoms with Crippen molar-refractivity contribution in [3.8, 4) is 34.3 Å². The van der Waals surface area contributed by atoms with E-state index in [9.17, 15) is 40.5 Å². The van der Waals surface area contributed by atoms with Crippen LogP contribution in [0.5, 0.6) is 23.0 Å². The summed E-state index contributed by atoms with van der Waals surface area (Å²) in [5.74, 6) is -0.391. The van der Waals surface area contributed by atoms with Gasteiger partial charge in [-0.3, -0.25) is 4.79 Å². The van der Waals surface area contributed by atoms with E-state index in [4.69, 9.17) is 32.8 Å². The fourth-order valence-electron chi connectivity index (χ4n) is 5.06. The Morgan fingerprint density at radius 3 is 2.11 bits per heavy atom. The second-order valence-corrected chi connectivity index (χ2v) is 10.5. The van der Waals surface area contributed by atoms with Gasteiger partial charge in [-0.2, -0.15) is 0 Å². The molecule has 1 aromatic heterocycles. The number of phenols is 1. The number of benzene rings is 2. The van der Waals surface area contributed by atoms with Crippen LogP contribution in [-0.2, 0) is 14.2 Å². The smallest absolute Gasteiger partial charge is 0.229 e. The van der Waals surface area contributed by atoms with Gasteiger partial charge in [-0.25, -0.2) is 0 Å². The minimum absolute atomic E-state index is 0.0966. The van der Waals surface area contributed by atoms with E-state index in [1.54, 1.807) is 24.3 Å². The Bertz CT molecular complexity index is 1510. The molecule has 2 saturated heterocycles. The zero-order chi connectivity index (χ0) is 31.9. The van der Waals surface area contributed by atoms with Gasteiger partial charge in [-0.1, -0.05) is 0 Å². The number of methoxy groups -OCH3 is 2. The minimum Gasteiger partial charge on any atom is -0.504 e. The summed E-state index contributed by atoms with van der Waals surface area (Å²) in [4.78, 5) is 13.0. The maximum absolute atomic E-state index is 13.0. The Morgan fingerprint density at radius 2 is 1.45 bits per heavy atom. The molecule has 0 unspecified atom stereocenters. The van der Waals surface area contributed by atoms with E-state index < -0.39 is 79.2 Å². The lowest BCUT2D eigenvalue weighted by molar-refractivity contribution is -0.318. The summed E-state index contributed by atoms with van der Waals surface area (Å²) in [6, 6.07) is 9.13. The van der Waals surface area contributed by atoms with Gasteiger partial charge in [0.1, 0.15) is 65.2 Å². The molecule has 2 fully saturated rings. The van der Waals surface area contributed by atoms with Crippen LogP contribution in [0.1, 0.15) is 6.92 Å². The van der Waals surface area contributed by atoms with Gasteiger partial charge in [-0.15, -0.1) is 0 Å². The molecule has 2 aliphatic rings. The largest absolute Gasteiger partial charge is 0.504 e. The number of ether oxygens (including phenoxy) is 6. The Morgan fingerprint density at radius 1 is 0.795 bits per heavy atom. The predicted molar refractivity (Wildman–Crippen MR) is 148 cm³/mol. The lowest BCUT2D eigenvalue weighted by atomic mass is 9.98. The monoisotopic (exact) mass is 622 g/mol. The van der Waals surface area contributed by atoms with Gasteiger partial charge in [0, 0.05) is 17.7 Å². The molecule has 240 valence electrons. The summed E-state index contributed by atoms with van der Waals surface area (Å²) in [5.41, 5.74) is -0.138. The number of phenolic OH excluding ortho intramolecular Hbond substituents is 1. The molecular formula is C29H34O15. The van der Waals surface area contributed by atoms with Crippen LogP contribution in [0.2, 0.25) is 0 Å². The second-order valence-electron chi connectivity index (χ2n) is 10.5. The Hall–Kier alpha value is -3.51. The summed E-state index contributed by atoms with van der Waals surface area (Å²) < 4.78 is 38.7. The van der Waals surface area contributed by atoms with Crippen molar-refractivity contribution < 1.29 is 68.6 Å². The summed E-state index contributed by atoms with van der Waals surface area (Å²) in [5, 5.41) is 72.6. The van der Waals surface area contributed by atoms with Crippen molar-refractivity contribution in [1.29, 1.82) is 0 Å². The molecule has 0 radical (unpaired) electrons. The molecule has 2 aliphatic heterocycles. The third-order valence-electron chi connectivity index (χ3n) is 7.64. The van der Waals surface area contributed by atoms with Gasteiger partial charge >= 0.3 is 0 Å². The zero-order valence-corrected chi connectivity index (χ0v) is 23.8. The van der Waals surface area contributed by atoms with E-state index in [-0.39, 0.29) is 28.2 Å². The topological polar surface area (TPSA) is 227 Å². The van der Waals surface area contributed by atoms with E-state index in [2.05, 4.69) is 0 Å². The second kappa shape index (κ2) is 12.8. The molecule has 0 saturated carbocycles. The normalized spacial score (nSPS) is 32.4. The number of aliphatic hydroxyl groups is 6. The van der Waals surface area contributed by atoms with Gasteiger partial charge < -0.3 is 68.6 Å². The summed E-state index contributed by atoms with van der Waals surface area (Å²) >= 11 is 0. The first-order valence-electron chi connectivity index (χ1n) is 13.6. The minimum atomic E-state index is -1.81. The van der Waals surface area contributed by atoms with Crippen LogP contribution in [-0.4, -0.2) is 118 Å². The van der Waals surface area contributed by atoms with Crippen molar-refractivity contribution in [2.75, 3.05) is 20.8 Å². The van der Waals surface area contributed by atoms with Gasteiger partial charge in [-0.05, 0) is 31.2 Å². The molecule has 10 atom stereocenters. The molecule has 3 heterocycles. The highest BCUT2D eigenvalue weighted by Gasteiger charge is 2.47. The fourth-order valence-corrected chi connectivity index (χ4v) is 5.06. The summed E-state index contributed by atoms with van der Waals surface area (Å²) in [7, 11) is 2.72. The van der Waals surface area contributed by atoms with Crippen molar-refractivity contribution in [2.45, 2.75) is 68.3 Å². The molecule has 0 amide bonds. The van der Waals surface area contributed by atoms with Gasteiger partial charge in [0.2, 0.25) is 12.0 Å². The molecule has 2 aromatic carbocycles. The molecule has 0 aliphatic carbocycles. The summed E-state index contributed by atoms with van der Waals surface area (Å²) in [6.07, 6.45) is -15.2. The molecule has 7 N–H and O–H groups in total. The number of hydrogen-bond donors (Lipinski definition) is 7. The molecule has 15 nitrogen and oxygen atoms in total. The summed E-state index contributed by atoms with van der Waals surface area (Å²) in [6.45, 7) is 0.947.